The lowest BCUT2D eigenvalue weighted by Gasteiger charge is -2.06. The molecule has 4 rings (SSSR count). The maximum absolute atomic E-state index is 9.44. The zero-order valence-corrected chi connectivity index (χ0v) is 13.3. The van der Waals surface area contributed by atoms with E-state index in [2.05, 4.69) is 21.3 Å². The number of aromatic nitrogens is 5. The molecule has 1 aromatic carbocycles. The van der Waals surface area contributed by atoms with E-state index < -0.39 is 0 Å². The topological polar surface area (TPSA) is 72.3 Å². The summed E-state index contributed by atoms with van der Waals surface area (Å²) >= 11 is 0. The highest BCUT2D eigenvalue weighted by Crippen LogP contribution is 2.26. The maximum Gasteiger partial charge on any atom is 0.103 e. The summed E-state index contributed by atoms with van der Waals surface area (Å²) in [6, 6.07) is 15.9. The first-order chi connectivity index (χ1) is 12.3. The van der Waals surface area contributed by atoms with Crippen LogP contribution >= 0.6 is 0 Å². The van der Waals surface area contributed by atoms with Gasteiger partial charge in [0.05, 0.1) is 35.9 Å². The van der Waals surface area contributed by atoms with Gasteiger partial charge < -0.3 is 0 Å². The first kappa shape index (κ1) is 14.8. The van der Waals surface area contributed by atoms with E-state index >= 15 is 0 Å². The monoisotopic (exact) mass is 326 g/mol. The van der Waals surface area contributed by atoms with Gasteiger partial charge in [-0.25, -0.2) is 4.68 Å². The fourth-order valence-electron chi connectivity index (χ4n) is 2.72. The first-order valence-electron chi connectivity index (χ1n) is 7.80. The van der Waals surface area contributed by atoms with Gasteiger partial charge >= 0.3 is 0 Å². The molecule has 4 aromatic rings. The summed E-state index contributed by atoms with van der Waals surface area (Å²) in [5.74, 6) is 0. The Balaban J connectivity index is 1.73. The molecule has 0 aliphatic heterocycles. The zero-order valence-electron chi connectivity index (χ0n) is 13.3. The van der Waals surface area contributed by atoms with Crippen molar-refractivity contribution in [1.82, 2.24) is 24.5 Å². The summed E-state index contributed by atoms with van der Waals surface area (Å²) in [6.45, 7) is 0.643. The van der Waals surface area contributed by atoms with Crippen LogP contribution in [0.5, 0.6) is 0 Å². The molecular weight excluding hydrogens is 312 g/mol. The van der Waals surface area contributed by atoms with Crippen LogP contribution < -0.4 is 0 Å². The van der Waals surface area contributed by atoms with Crippen molar-refractivity contribution in [3.8, 4) is 23.0 Å². The van der Waals surface area contributed by atoms with E-state index in [9.17, 15) is 5.26 Å². The maximum atomic E-state index is 9.44. The Morgan fingerprint density at radius 3 is 2.52 bits per heavy atom. The van der Waals surface area contributed by atoms with Gasteiger partial charge in [-0.15, -0.1) is 0 Å². The van der Waals surface area contributed by atoms with E-state index in [-0.39, 0.29) is 0 Å². The molecule has 0 unspecified atom stereocenters. The van der Waals surface area contributed by atoms with Crippen molar-refractivity contribution in [3.63, 3.8) is 0 Å². The molecule has 6 heteroatoms. The average Bonchev–Trinajstić information content (AvgIpc) is 3.29. The van der Waals surface area contributed by atoms with Gasteiger partial charge in [0.25, 0.3) is 0 Å². The molecule has 3 heterocycles. The molecule has 0 fully saturated rings. The van der Waals surface area contributed by atoms with E-state index in [1.165, 1.54) is 0 Å². The molecule has 0 aliphatic rings. The Morgan fingerprint density at radius 2 is 1.76 bits per heavy atom. The molecule has 0 saturated heterocycles. The van der Waals surface area contributed by atoms with Gasteiger partial charge in [0, 0.05) is 24.2 Å². The number of benzene rings is 1. The third kappa shape index (κ3) is 2.91. The number of nitriles is 1. The Morgan fingerprint density at radius 1 is 0.960 bits per heavy atom. The predicted molar refractivity (Wildman–Crippen MR) is 92.8 cm³/mol. The first-order valence-corrected chi connectivity index (χ1v) is 7.80. The minimum atomic E-state index is 0.521. The van der Waals surface area contributed by atoms with Crippen molar-refractivity contribution in [1.29, 1.82) is 5.26 Å². The van der Waals surface area contributed by atoms with Crippen LogP contribution in [-0.2, 0) is 6.54 Å². The Hall–Kier alpha value is -3.72. The zero-order chi connectivity index (χ0) is 17.1. The Labute approximate surface area is 144 Å². The van der Waals surface area contributed by atoms with Crippen molar-refractivity contribution in [2.75, 3.05) is 0 Å². The molecule has 0 atom stereocenters. The predicted octanol–water partition coefficient (Wildman–Crippen LogP) is 3.05. The molecule has 0 radical (unpaired) electrons. The third-order valence-corrected chi connectivity index (χ3v) is 3.89. The number of para-hydroxylation sites is 1. The van der Waals surface area contributed by atoms with Crippen molar-refractivity contribution in [3.05, 3.63) is 84.6 Å². The number of hydrogen-bond donors (Lipinski definition) is 0. The number of rotatable bonds is 4. The largest absolute Gasteiger partial charge is 0.268 e. The highest BCUT2D eigenvalue weighted by Gasteiger charge is 2.16. The molecule has 0 amide bonds. The fraction of sp³-hybridized carbons (Fsp3) is 0.0526. The number of hydrogen-bond acceptors (Lipinski definition) is 4. The fourth-order valence-corrected chi connectivity index (χ4v) is 2.72. The summed E-state index contributed by atoms with van der Waals surface area (Å²) in [4.78, 5) is 4.02. The van der Waals surface area contributed by atoms with Crippen LogP contribution in [0.25, 0.3) is 16.9 Å². The second-order valence-corrected chi connectivity index (χ2v) is 5.55. The van der Waals surface area contributed by atoms with Gasteiger partial charge in [0.2, 0.25) is 0 Å². The number of nitrogens with zero attached hydrogens (tertiary/aromatic N) is 6. The highest BCUT2D eigenvalue weighted by atomic mass is 15.3. The molecule has 6 nitrogen and oxygen atoms in total. The minimum Gasteiger partial charge on any atom is -0.268 e. The highest BCUT2D eigenvalue weighted by molar-refractivity contribution is 5.67. The molecule has 0 aliphatic carbocycles. The van der Waals surface area contributed by atoms with E-state index in [1.54, 1.807) is 29.5 Å². The summed E-state index contributed by atoms with van der Waals surface area (Å²) in [6.07, 6.45) is 8.80. The molecule has 3 aromatic heterocycles. The van der Waals surface area contributed by atoms with Gasteiger partial charge in [0.1, 0.15) is 6.07 Å². The van der Waals surface area contributed by atoms with E-state index in [0.717, 1.165) is 22.5 Å². The average molecular weight is 326 g/mol. The molecule has 0 saturated carbocycles. The van der Waals surface area contributed by atoms with Crippen LogP contribution in [0.3, 0.4) is 0 Å². The minimum absolute atomic E-state index is 0.521. The lowest BCUT2D eigenvalue weighted by molar-refractivity contribution is 0.686. The molecule has 120 valence electrons. The number of pyridine rings is 1. The molecule has 0 N–H and O–H groups in total. The molecule has 25 heavy (non-hydrogen) atoms. The normalized spacial score (nSPS) is 10.5. The van der Waals surface area contributed by atoms with E-state index in [4.69, 9.17) is 0 Å². The summed E-state index contributed by atoms with van der Waals surface area (Å²) in [5, 5.41) is 18.2. The van der Waals surface area contributed by atoms with E-state index in [1.807, 2.05) is 53.3 Å². The summed E-state index contributed by atoms with van der Waals surface area (Å²) < 4.78 is 3.61. The lowest BCUT2D eigenvalue weighted by atomic mass is 10.1. The van der Waals surface area contributed by atoms with Gasteiger partial charge in [-0.2, -0.15) is 15.5 Å². The standard InChI is InChI=1S/C19H14N6/c20-10-16-11-23-25(18-4-2-1-3-5-18)19(16)17-12-22-24(14-17)13-15-6-8-21-9-7-15/h1-9,11-12,14H,13H2. The SMILES string of the molecule is N#Cc1cnn(-c2ccccc2)c1-c1cnn(Cc2ccncc2)c1. The Kier molecular flexibility index (Phi) is 3.81. The third-order valence-electron chi connectivity index (χ3n) is 3.89. The van der Waals surface area contributed by atoms with Crippen LogP contribution in [0.15, 0.2) is 73.4 Å². The van der Waals surface area contributed by atoms with E-state index in [0.29, 0.717) is 12.1 Å². The van der Waals surface area contributed by atoms with Gasteiger partial charge in [0.15, 0.2) is 0 Å². The van der Waals surface area contributed by atoms with Gasteiger partial charge in [-0.1, -0.05) is 18.2 Å². The van der Waals surface area contributed by atoms with Crippen molar-refractivity contribution < 1.29 is 0 Å². The smallest absolute Gasteiger partial charge is 0.103 e. The summed E-state index contributed by atoms with van der Waals surface area (Å²) in [5.41, 5.74) is 4.14. The van der Waals surface area contributed by atoms with Gasteiger partial charge in [-0.05, 0) is 29.8 Å². The molecule has 0 bridgehead atoms. The molecular formula is C19H14N6. The van der Waals surface area contributed by atoms with Gasteiger partial charge in [-0.3, -0.25) is 9.67 Å². The van der Waals surface area contributed by atoms with Crippen molar-refractivity contribution >= 4 is 0 Å². The van der Waals surface area contributed by atoms with Crippen LogP contribution in [0, 0.1) is 11.3 Å². The lowest BCUT2D eigenvalue weighted by Crippen LogP contribution is -2.00. The summed E-state index contributed by atoms with van der Waals surface area (Å²) in [7, 11) is 0. The quantitative estimate of drug-likeness (QED) is 0.578. The van der Waals surface area contributed by atoms with Crippen LogP contribution in [0.1, 0.15) is 11.1 Å². The Bertz CT molecular complexity index is 1020. The second-order valence-electron chi connectivity index (χ2n) is 5.55. The van der Waals surface area contributed by atoms with Crippen LogP contribution in [0.2, 0.25) is 0 Å². The second kappa shape index (κ2) is 6.42. The van der Waals surface area contributed by atoms with Crippen molar-refractivity contribution in [2.24, 2.45) is 0 Å². The van der Waals surface area contributed by atoms with Crippen LogP contribution in [-0.4, -0.2) is 24.5 Å². The van der Waals surface area contributed by atoms with Crippen LogP contribution in [0.4, 0.5) is 0 Å². The molecule has 0 spiro atoms. The van der Waals surface area contributed by atoms with Crippen molar-refractivity contribution in [2.45, 2.75) is 6.54 Å².